The average Bonchev–Trinajstić information content (AvgIpc) is 2.42. The lowest BCUT2D eigenvalue weighted by Gasteiger charge is -2.41. The lowest BCUT2D eigenvalue weighted by Crippen LogP contribution is -2.46. The van der Waals surface area contributed by atoms with Crippen LogP contribution >= 0.6 is 0 Å². The fourth-order valence-electron chi connectivity index (χ4n) is 3.26. The molecule has 0 saturated heterocycles. The molecule has 0 radical (unpaired) electrons. The first kappa shape index (κ1) is 20.9. The van der Waals surface area contributed by atoms with E-state index in [-0.39, 0.29) is 0 Å². The molecule has 0 aromatic rings. The van der Waals surface area contributed by atoms with Crippen LogP contribution < -0.4 is 0 Å². The summed E-state index contributed by atoms with van der Waals surface area (Å²) in [6.07, 6.45) is 9.40. The van der Waals surface area contributed by atoms with Crippen LogP contribution in [-0.4, -0.2) is 16.0 Å². The van der Waals surface area contributed by atoms with Crippen molar-refractivity contribution in [3.8, 4) is 0 Å². The van der Waals surface area contributed by atoms with Gasteiger partial charge >= 0.3 is 0 Å². The molecule has 0 fully saturated rings. The van der Waals surface area contributed by atoms with Crippen molar-refractivity contribution in [2.24, 2.45) is 17.3 Å². The van der Waals surface area contributed by atoms with Gasteiger partial charge < -0.3 is 10.2 Å². The summed E-state index contributed by atoms with van der Waals surface area (Å²) in [6, 6.07) is 0. The Morgan fingerprint density at radius 3 is 1.67 bits per heavy atom. The number of aliphatic hydroxyl groups is 2. The van der Waals surface area contributed by atoms with Crippen molar-refractivity contribution in [1.82, 2.24) is 0 Å². The SMILES string of the molecule is CCCC(CC)CCC(C)(C)C(O)(O)CC(CC)CCC. The minimum Gasteiger partial charge on any atom is -0.365 e. The molecule has 2 nitrogen and oxygen atoms in total. The molecule has 0 aliphatic rings. The minimum absolute atomic E-state index is 0.418. The van der Waals surface area contributed by atoms with Crippen LogP contribution in [0.1, 0.15) is 99.3 Å². The highest BCUT2D eigenvalue weighted by atomic mass is 16.5. The van der Waals surface area contributed by atoms with Crippen molar-refractivity contribution < 1.29 is 10.2 Å². The fraction of sp³-hybridized carbons (Fsp3) is 1.00. The zero-order valence-electron chi connectivity index (χ0n) is 15.4. The van der Waals surface area contributed by atoms with E-state index >= 15 is 0 Å². The van der Waals surface area contributed by atoms with Gasteiger partial charge in [-0.05, 0) is 24.7 Å². The van der Waals surface area contributed by atoms with Crippen LogP contribution in [0.2, 0.25) is 0 Å². The van der Waals surface area contributed by atoms with Gasteiger partial charge in [-0.1, -0.05) is 80.1 Å². The van der Waals surface area contributed by atoms with Crippen molar-refractivity contribution in [2.45, 2.75) is 105 Å². The lowest BCUT2D eigenvalue weighted by molar-refractivity contribution is -0.246. The van der Waals surface area contributed by atoms with Crippen LogP contribution in [0.15, 0.2) is 0 Å². The first-order valence-electron chi connectivity index (χ1n) is 9.18. The Morgan fingerprint density at radius 1 is 0.762 bits per heavy atom. The van der Waals surface area contributed by atoms with E-state index in [4.69, 9.17) is 0 Å². The second-order valence-corrected chi connectivity index (χ2v) is 7.57. The third-order valence-corrected chi connectivity index (χ3v) is 5.38. The lowest BCUT2D eigenvalue weighted by atomic mass is 9.72. The Bertz CT molecular complexity index is 258. The highest BCUT2D eigenvalue weighted by Crippen LogP contribution is 2.40. The van der Waals surface area contributed by atoms with Gasteiger partial charge in [-0.25, -0.2) is 0 Å². The summed E-state index contributed by atoms with van der Waals surface area (Å²) in [5, 5.41) is 21.3. The zero-order chi connectivity index (χ0) is 16.5. The average molecular weight is 301 g/mol. The van der Waals surface area contributed by atoms with Crippen molar-refractivity contribution in [3.05, 3.63) is 0 Å². The Morgan fingerprint density at radius 2 is 1.24 bits per heavy atom. The van der Waals surface area contributed by atoms with Crippen molar-refractivity contribution in [3.63, 3.8) is 0 Å². The van der Waals surface area contributed by atoms with Crippen molar-refractivity contribution in [2.75, 3.05) is 0 Å². The molecular formula is C19H40O2. The molecule has 0 aliphatic heterocycles. The van der Waals surface area contributed by atoms with Gasteiger partial charge in [0.15, 0.2) is 5.79 Å². The maximum atomic E-state index is 10.6. The molecule has 2 N–H and O–H groups in total. The van der Waals surface area contributed by atoms with Crippen LogP contribution in [-0.2, 0) is 0 Å². The van der Waals surface area contributed by atoms with E-state index in [1.807, 2.05) is 13.8 Å². The summed E-state index contributed by atoms with van der Waals surface area (Å²) in [5.74, 6) is -0.405. The Labute approximate surface area is 133 Å². The number of hydrogen-bond donors (Lipinski definition) is 2. The monoisotopic (exact) mass is 300 g/mol. The van der Waals surface area contributed by atoms with Gasteiger partial charge in [0.05, 0.1) is 0 Å². The largest absolute Gasteiger partial charge is 0.365 e. The summed E-state index contributed by atoms with van der Waals surface area (Å²) in [7, 11) is 0. The second kappa shape index (κ2) is 9.84. The second-order valence-electron chi connectivity index (χ2n) is 7.57. The molecule has 21 heavy (non-hydrogen) atoms. The van der Waals surface area contributed by atoms with Gasteiger partial charge in [-0.15, -0.1) is 0 Å². The molecule has 0 bridgehead atoms. The molecule has 0 heterocycles. The maximum Gasteiger partial charge on any atom is 0.167 e. The molecule has 0 aromatic heterocycles. The summed E-state index contributed by atoms with van der Waals surface area (Å²) in [5.41, 5.74) is -0.435. The van der Waals surface area contributed by atoms with Crippen LogP contribution in [0.5, 0.6) is 0 Å². The Hall–Kier alpha value is -0.0800. The third-order valence-electron chi connectivity index (χ3n) is 5.38. The summed E-state index contributed by atoms with van der Waals surface area (Å²) >= 11 is 0. The smallest absolute Gasteiger partial charge is 0.167 e. The summed E-state index contributed by atoms with van der Waals surface area (Å²) in [4.78, 5) is 0. The highest BCUT2D eigenvalue weighted by Gasteiger charge is 2.42. The van der Waals surface area contributed by atoms with Crippen LogP contribution in [0.25, 0.3) is 0 Å². The molecule has 0 aromatic carbocycles. The fourth-order valence-corrected chi connectivity index (χ4v) is 3.26. The van der Waals surface area contributed by atoms with E-state index in [9.17, 15) is 10.2 Å². The molecule has 128 valence electrons. The number of hydrogen-bond acceptors (Lipinski definition) is 2. The molecule has 0 saturated carbocycles. The minimum atomic E-state index is -1.55. The van der Waals surface area contributed by atoms with Crippen molar-refractivity contribution >= 4 is 0 Å². The standard InChI is InChI=1S/C19H40O2/c1-7-11-16(9-3)13-14-18(5,6)19(20,21)15-17(10-4)12-8-2/h16-17,20-21H,7-15H2,1-6H3. The molecule has 0 amide bonds. The molecule has 2 unspecified atom stereocenters. The van der Waals surface area contributed by atoms with Gasteiger partial charge in [-0.3, -0.25) is 0 Å². The molecule has 0 rings (SSSR count). The number of rotatable bonds is 12. The van der Waals surface area contributed by atoms with E-state index in [0.29, 0.717) is 12.3 Å². The first-order valence-corrected chi connectivity index (χ1v) is 9.18. The quantitative estimate of drug-likeness (QED) is 0.466. The normalized spacial score (nSPS) is 16.0. The van der Waals surface area contributed by atoms with Gasteiger partial charge in [0.1, 0.15) is 0 Å². The van der Waals surface area contributed by atoms with Gasteiger partial charge in [0.25, 0.3) is 0 Å². The summed E-state index contributed by atoms with van der Waals surface area (Å²) < 4.78 is 0. The maximum absolute atomic E-state index is 10.6. The predicted octanol–water partition coefficient (Wildman–Crippen LogP) is 5.52. The molecule has 2 heteroatoms. The molecule has 2 atom stereocenters. The highest BCUT2D eigenvalue weighted by molar-refractivity contribution is 4.86. The zero-order valence-corrected chi connectivity index (χ0v) is 15.4. The third kappa shape index (κ3) is 7.15. The predicted molar refractivity (Wildman–Crippen MR) is 92.2 cm³/mol. The first-order chi connectivity index (χ1) is 9.74. The van der Waals surface area contributed by atoms with E-state index in [0.717, 1.165) is 38.0 Å². The van der Waals surface area contributed by atoms with E-state index in [2.05, 4.69) is 27.7 Å². The Kier molecular flexibility index (Phi) is 9.80. The van der Waals surface area contributed by atoms with Crippen LogP contribution in [0, 0.1) is 17.3 Å². The van der Waals surface area contributed by atoms with Gasteiger partial charge in [0, 0.05) is 11.8 Å². The summed E-state index contributed by atoms with van der Waals surface area (Å²) in [6.45, 7) is 12.8. The Balaban J connectivity index is 4.62. The molecule has 0 spiro atoms. The topological polar surface area (TPSA) is 40.5 Å². The van der Waals surface area contributed by atoms with Crippen LogP contribution in [0.3, 0.4) is 0 Å². The molecule has 0 aliphatic carbocycles. The van der Waals surface area contributed by atoms with E-state index in [1.165, 1.54) is 19.3 Å². The van der Waals surface area contributed by atoms with Crippen molar-refractivity contribution in [1.29, 1.82) is 0 Å². The van der Waals surface area contributed by atoms with E-state index in [1.54, 1.807) is 0 Å². The van der Waals surface area contributed by atoms with Gasteiger partial charge in [0.2, 0.25) is 0 Å². The molecular weight excluding hydrogens is 260 g/mol. The van der Waals surface area contributed by atoms with E-state index < -0.39 is 11.2 Å². The van der Waals surface area contributed by atoms with Gasteiger partial charge in [-0.2, -0.15) is 0 Å². The van der Waals surface area contributed by atoms with Crippen LogP contribution in [0.4, 0.5) is 0 Å².